The van der Waals surface area contributed by atoms with Gasteiger partial charge in [-0.1, -0.05) is 26.7 Å². The minimum absolute atomic E-state index is 0.285. The lowest BCUT2D eigenvalue weighted by Gasteiger charge is -2.25. The molecular formula is C10H16O3. The molecule has 1 rings (SSSR count). The predicted molar refractivity (Wildman–Crippen MR) is 48.3 cm³/mol. The molecule has 1 fully saturated rings. The van der Waals surface area contributed by atoms with Crippen molar-refractivity contribution in [3.63, 3.8) is 0 Å². The van der Waals surface area contributed by atoms with Crippen molar-refractivity contribution < 1.29 is 14.3 Å². The zero-order valence-corrected chi connectivity index (χ0v) is 8.26. The Balaban J connectivity index is 2.69. The van der Waals surface area contributed by atoms with Gasteiger partial charge >= 0.3 is 5.97 Å². The lowest BCUT2D eigenvalue weighted by molar-refractivity contribution is -0.154. The van der Waals surface area contributed by atoms with Crippen LogP contribution in [0.5, 0.6) is 0 Å². The zero-order chi connectivity index (χ0) is 9.90. The van der Waals surface area contributed by atoms with Crippen LogP contribution in [-0.4, -0.2) is 17.4 Å². The van der Waals surface area contributed by atoms with Crippen LogP contribution < -0.4 is 0 Å². The number of esters is 1. The van der Waals surface area contributed by atoms with Crippen LogP contribution in [-0.2, 0) is 14.3 Å². The Morgan fingerprint density at radius 1 is 1.23 bits per heavy atom. The molecule has 3 heteroatoms. The molecule has 1 saturated heterocycles. The van der Waals surface area contributed by atoms with Crippen LogP contribution in [0.1, 0.15) is 46.0 Å². The summed E-state index contributed by atoms with van der Waals surface area (Å²) in [6.07, 6.45) is 3.78. The number of carbonyl (C=O) groups excluding carboxylic acids is 2. The molecular weight excluding hydrogens is 168 g/mol. The van der Waals surface area contributed by atoms with Crippen molar-refractivity contribution in [1.29, 1.82) is 0 Å². The monoisotopic (exact) mass is 184 g/mol. The van der Waals surface area contributed by atoms with Gasteiger partial charge in [0.05, 0.1) is 6.42 Å². The first-order valence-electron chi connectivity index (χ1n) is 4.89. The molecule has 0 bridgehead atoms. The lowest BCUT2D eigenvalue weighted by atomic mass is 9.89. The van der Waals surface area contributed by atoms with Gasteiger partial charge in [0.25, 0.3) is 0 Å². The molecule has 0 atom stereocenters. The third kappa shape index (κ3) is 2.08. The number of ketones is 1. The van der Waals surface area contributed by atoms with Gasteiger partial charge in [0.1, 0.15) is 5.60 Å². The van der Waals surface area contributed by atoms with Crippen molar-refractivity contribution in [3.05, 3.63) is 0 Å². The molecule has 0 amide bonds. The molecule has 0 unspecified atom stereocenters. The summed E-state index contributed by atoms with van der Waals surface area (Å²) in [4.78, 5) is 22.0. The second-order valence-electron chi connectivity index (χ2n) is 3.67. The summed E-state index contributed by atoms with van der Waals surface area (Å²) in [5.74, 6) is -0.996. The number of hydrogen-bond donors (Lipinski definition) is 0. The molecule has 1 aliphatic rings. The highest BCUT2D eigenvalue weighted by atomic mass is 16.6. The molecule has 74 valence electrons. The average Bonchev–Trinajstić information content (AvgIpc) is 2.29. The highest BCUT2D eigenvalue weighted by Gasteiger charge is 2.44. The third-order valence-electron chi connectivity index (χ3n) is 2.43. The molecule has 0 N–H and O–H groups in total. The van der Waals surface area contributed by atoms with E-state index in [1.165, 1.54) is 0 Å². The minimum Gasteiger partial charge on any atom is -0.453 e. The van der Waals surface area contributed by atoms with Gasteiger partial charge in [-0.25, -0.2) is 4.79 Å². The standard InChI is InChI=1S/C10H16O3/c1-3-5-10(6-4-2)7-8(11)9(12)13-10/h3-7H2,1-2H3. The van der Waals surface area contributed by atoms with Crippen molar-refractivity contribution >= 4 is 11.8 Å². The largest absolute Gasteiger partial charge is 0.453 e. The summed E-state index contributed by atoms with van der Waals surface area (Å²) in [7, 11) is 0. The minimum atomic E-state index is -0.637. The molecule has 0 saturated carbocycles. The number of carbonyl (C=O) groups is 2. The van der Waals surface area contributed by atoms with E-state index in [0.29, 0.717) is 0 Å². The van der Waals surface area contributed by atoms with Crippen LogP contribution in [0.4, 0.5) is 0 Å². The fraction of sp³-hybridized carbons (Fsp3) is 0.800. The first-order valence-corrected chi connectivity index (χ1v) is 4.89. The fourth-order valence-electron chi connectivity index (χ4n) is 1.97. The van der Waals surface area contributed by atoms with E-state index >= 15 is 0 Å². The number of hydrogen-bond acceptors (Lipinski definition) is 3. The first kappa shape index (κ1) is 10.2. The lowest BCUT2D eigenvalue weighted by Crippen LogP contribution is -2.27. The van der Waals surface area contributed by atoms with E-state index in [4.69, 9.17) is 4.74 Å². The quantitative estimate of drug-likeness (QED) is 0.494. The number of cyclic esters (lactones) is 1. The Labute approximate surface area is 78.5 Å². The SMILES string of the molecule is CCCC1(CCC)CC(=O)C(=O)O1. The van der Waals surface area contributed by atoms with Crippen LogP contribution in [0.25, 0.3) is 0 Å². The van der Waals surface area contributed by atoms with Gasteiger partial charge in [-0.3, -0.25) is 4.79 Å². The van der Waals surface area contributed by atoms with Gasteiger partial charge in [0, 0.05) is 0 Å². The van der Waals surface area contributed by atoms with E-state index in [2.05, 4.69) is 0 Å². The van der Waals surface area contributed by atoms with E-state index in [0.717, 1.165) is 25.7 Å². The molecule has 0 aromatic carbocycles. The van der Waals surface area contributed by atoms with Crippen LogP contribution in [0.2, 0.25) is 0 Å². The fourth-order valence-corrected chi connectivity index (χ4v) is 1.97. The normalized spacial score (nSPS) is 20.5. The molecule has 3 nitrogen and oxygen atoms in total. The van der Waals surface area contributed by atoms with E-state index < -0.39 is 11.6 Å². The molecule has 0 aliphatic carbocycles. The van der Waals surface area contributed by atoms with Gasteiger partial charge in [-0.2, -0.15) is 0 Å². The van der Waals surface area contributed by atoms with Crippen LogP contribution >= 0.6 is 0 Å². The molecule has 0 aromatic heterocycles. The Kier molecular flexibility index (Phi) is 3.07. The van der Waals surface area contributed by atoms with Crippen molar-refractivity contribution in [2.75, 3.05) is 0 Å². The first-order chi connectivity index (χ1) is 6.13. The van der Waals surface area contributed by atoms with E-state index in [9.17, 15) is 9.59 Å². The molecule has 0 spiro atoms. The maximum Gasteiger partial charge on any atom is 0.375 e. The van der Waals surface area contributed by atoms with Crippen LogP contribution in [0.15, 0.2) is 0 Å². The van der Waals surface area contributed by atoms with Crippen LogP contribution in [0.3, 0.4) is 0 Å². The van der Waals surface area contributed by atoms with Gasteiger partial charge in [-0.15, -0.1) is 0 Å². The zero-order valence-electron chi connectivity index (χ0n) is 8.26. The maximum atomic E-state index is 11.1. The summed E-state index contributed by atoms with van der Waals surface area (Å²) in [5.41, 5.74) is -0.461. The van der Waals surface area contributed by atoms with Crippen molar-refractivity contribution in [1.82, 2.24) is 0 Å². The van der Waals surface area contributed by atoms with Gasteiger partial charge in [-0.05, 0) is 12.8 Å². The molecule has 1 heterocycles. The van der Waals surface area contributed by atoms with Crippen molar-refractivity contribution in [3.8, 4) is 0 Å². The highest BCUT2D eigenvalue weighted by Crippen LogP contribution is 2.33. The van der Waals surface area contributed by atoms with E-state index in [1.807, 2.05) is 13.8 Å². The smallest absolute Gasteiger partial charge is 0.375 e. The third-order valence-corrected chi connectivity index (χ3v) is 2.43. The second-order valence-corrected chi connectivity index (χ2v) is 3.67. The number of rotatable bonds is 4. The predicted octanol–water partition coefficient (Wildman–Crippen LogP) is 1.84. The molecule has 1 aliphatic heterocycles. The molecule has 0 aromatic rings. The highest BCUT2D eigenvalue weighted by molar-refractivity contribution is 6.35. The number of Topliss-reactive ketones (excluding diaryl/α,β-unsaturated/α-hetero) is 1. The Morgan fingerprint density at radius 2 is 1.77 bits per heavy atom. The topological polar surface area (TPSA) is 43.4 Å². The Hall–Kier alpha value is -0.860. The van der Waals surface area contributed by atoms with Gasteiger partial charge in [0.2, 0.25) is 5.78 Å². The maximum absolute atomic E-state index is 11.1. The Bertz CT molecular complexity index is 196. The number of ether oxygens (including phenoxy) is 1. The summed E-state index contributed by atoms with van der Waals surface area (Å²) < 4.78 is 5.15. The van der Waals surface area contributed by atoms with Crippen molar-refractivity contribution in [2.24, 2.45) is 0 Å². The summed E-state index contributed by atoms with van der Waals surface area (Å²) in [6.45, 7) is 4.07. The molecule has 0 radical (unpaired) electrons. The van der Waals surface area contributed by atoms with Crippen molar-refractivity contribution in [2.45, 2.75) is 51.6 Å². The van der Waals surface area contributed by atoms with Gasteiger partial charge < -0.3 is 4.74 Å². The van der Waals surface area contributed by atoms with Gasteiger partial charge in [0.15, 0.2) is 0 Å². The van der Waals surface area contributed by atoms with Crippen LogP contribution in [0, 0.1) is 0 Å². The Morgan fingerprint density at radius 3 is 2.08 bits per heavy atom. The average molecular weight is 184 g/mol. The van der Waals surface area contributed by atoms with E-state index in [-0.39, 0.29) is 12.2 Å². The molecule has 13 heavy (non-hydrogen) atoms. The summed E-state index contributed by atoms with van der Waals surface area (Å²) >= 11 is 0. The second kappa shape index (κ2) is 3.90. The summed E-state index contributed by atoms with van der Waals surface area (Å²) in [6, 6.07) is 0. The summed E-state index contributed by atoms with van der Waals surface area (Å²) in [5, 5.41) is 0. The van der Waals surface area contributed by atoms with E-state index in [1.54, 1.807) is 0 Å².